The Morgan fingerprint density at radius 1 is 1.17 bits per heavy atom. The first kappa shape index (κ1) is 17.2. The molecular weight excluding hydrogens is 335 g/mol. The minimum absolute atomic E-state index is 0.00352. The van der Waals surface area contributed by atoms with Crippen LogP contribution in [0.3, 0.4) is 0 Å². The number of aromatic nitrogens is 1. The van der Waals surface area contributed by atoms with Gasteiger partial charge in [0.2, 0.25) is 5.89 Å². The summed E-state index contributed by atoms with van der Waals surface area (Å²) < 4.78 is 72.2. The van der Waals surface area contributed by atoms with E-state index in [1.54, 1.807) is 0 Å². The number of halogens is 3. The third-order valence-corrected chi connectivity index (χ3v) is 3.56. The molecule has 0 aliphatic rings. The van der Waals surface area contributed by atoms with Crippen molar-refractivity contribution in [1.29, 1.82) is 0 Å². The molecule has 0 spiro atoms. The van der Waals surface area contributed by atoms with Crippen LogP contribution in [0.25, 0.3) is 12.2 Å². The number of hydrogen-bond donors (Lipinski definition) is 1. The largest absolute Gasteiger partial charge is 0.445 e. The van der Waals surface area contributed by atoms with Crippen molar-refractivity contribution >= 4 is 22.3 Å². The van der Waals surface area contributed by atoms with Crippen molar-refractivity contribution in [2.24, 2.45) is 0 Å². The van der Waals surface area contributed by atoms with Crippen molar-refractivity contribution < 1.29 is 30.6 Å². The smallest absolute Gasteiger partial charge is 0.416 e. The molecule has 9 heteroatoms. The molecule has 0 bridgehead atoms. The summed E-state index contributed by atoms with van der Waals surface area (Å²) in [5, 5.41) is 0. The van der Waals surface area contributed by atoms with E-state index in [9.17, 15) is 21.6 Å². The van der Waals surface area contributed by atoms with Crippen molar-refractivity contribution in [2.75, 3.05) is 5.75 Å². The highest BCUT2D eigenvalue weighted by Gasteiger charge is 2.29. The molecule has 2 rings (SSSR count). The van der Waals surface area contributed by atoms with Gasteiger partial charge in [-0.05, 0) is 23.8 Å². The second-order valence-corrected chi connectivity index (χ2v) is 6.24. The predicted octanol–water partition coefficient (Wildman–Crippen LogP) is 3.29. The van der Waals surface area contributed by atoms with Gasteiger partial charge in [0.15, 0.2) is 0 Å². The van der Waals surface area contributed by atoms with Crippen LogP contribution in [0.1, 0.15) is 22.7 Å². The molecule has 0 saturated heterocycles. The Morgan fingerprint density at radius 2 is 1.83 bits per heavy atom. The fourth-order valence-corrected chi connectivity index (χ4v) is 2.17. The average molecular weight is 347 g/mol. The van der Waals surface area contributed by atoms with E-state index < -0.39 is 27.6 Å². The molecule has 1 aromatic carbocycles. The molecule has 0 amide bonds. The molecule has 0 saturated carbocycles. The first-order valence-corrected chi connectivity index (χ1v) is 7.99. The molecule has 5 nitrogen and oxygen atoms in total. The van der Waals surface area contributed by atoms with E-state index in [2.05, 4.69) is 4.98 Å². The van der Waals surface area contributed by atoms with Crippen molar-refractivity contribution in [3.8, 4) is 0 Å². The van der Waals surface area contributed by atoms with Crippen LogP contribution in [-0.2, 0) is 22.7 Å². The van der Waals surface area contributed by atoms with Gasteiger partial charge in [0, 0.05) is 12.5 Å². The maximum Gasteiger partial charge on any atom is 0.416 e. The number of rotatable bonds is 5. The highest BCUT2D eigenvalue weighted by atomic mass is 32.2. The van der Waals surface area contributed by atoms with E-state index in [-0.39, 0.29) is 12.3 Å². The molecule has 0 aliphatic heterocycles. The molecule has 0 radical (unpaired) electrons. The summed E-state index contributed by atoms with van der Waals surface area (Å²) in [4.78, 5) is 3.98. The molecule has 0 fully saturated rings. The molecule has 0 atom stereocenters. The molecule has 2 aromatic rings. The zero-order chi connectivity index (χ0) is 17.1. The van der Waals surface area contributed by atoms with Gasteiger partial charge in [0.05, 0.1) is 17.0 Å². The number of hydrogen-bond acceptors (Lipinski definition) is 4. The monoisotopic (exact) mass is 347 g/mol. The molecule has 0 aliphatic carbocycles. The second-order valence-electron chi connectivity index (χ2n) is 4.67. The Labute approximate surface area is 130 Å². The lowest BCUT2D eigenvalue weighted by Gasteiger charge is -2.05. The van der Waals surface area contributed by atoms with Crippen LogP contribution in [0, 0.1) is 0 Å². The zero-order valence-corrected chi connectivity index (χ0v) is 12.4. The predicted molar refractivity (Wildman–Crippen MR) is 77.0 cm³/mol. The van der Waals surface area contributed by atoms with Gasteiger partial charge in [0.25, 0.3) is 10.1 Å². The lowest BCUT2D eigenvalue weighted by Crippen LogP contribution is -2.06. The second kappa shape index (κ2) is 6.55. The minimum Gasteiger partial charge on any atom is -0.445 e. The van der Waals surface area contributed by atoms with Crippen LogP contribution in [0.15, 0.2) is 34.9 Å². The number of oxazole rings is 1. The lowest BCUT2D eigenvalue weighted by molar-refractivity contribution is -0.137. The Bertz CT molecular complexity index is 792. The number of nitrogens with zero attached hydrogens (tertiary/aromatic N) is 1. The summed E-state index contributed by atoms with van der Waals surface area (Å²) in [7, 11) is -4.08. The van der Waals surface area contributed by atoms with Gasteiger partial charge >= 0.3 is 6.18 Å². The summed E-state index contributed by atoms with van der Waals surface area (Å²) in [6, 6.07) is 4.54. The van der Waals surface area contributed by atoms with Crippen LogP contribution >= 0.6 is 0 Å². The van der Waals surface area contributed by atoms with E-state index in [1.807, 2.05) is 0 Å². The van der Waals surface area contributed by atoms with Crippen molar-refractivity contribution in [2.45, 2.75) is 12.6 Å². The molecule has 1 aromatic heterocycles. The number of alkyl halides is 3. The number of benzene rings is 1. The summed E-state index contributed by atoms with van der Waals surface area (Å²) >= 11 is 0. The van der Waals surface area contributed by atoms with Gasteiger partial charge < -0.3 is 4.42 Å². The van der Waals surface area contributed by atoms with Gasteiger partial charge in [-0.2, -0.15) is 21.6 Å². The molecule has 23 heavy (non-hydrogen) atoms. The Balaban J connectivity index is 2.02. The van der Waals surface area contributed by atoms with Gasteiger partial charge in [-0.25, -0.2) is 4.98 Å². The highest BCUT2D eigenvalue weighted by molar-refractivity contribution is 7.85. The standard InChI is InChI=1S/C14H12F3NO4S/c15-14(16,17)11-4-1-10(2-5-11)3-6-13-18-12(9-22-13)7-8-23(19,20)21/h1-6,9H,7-8H2,(H,19,20,21)/b6-3+. The topological polar surface area (TPSA) is 80.4 Å². The third kappa shape index (κ3) is 5.53. The normalized spacial score (nSPS) is 12.9. The summed E-state index contributed by atoms with van der Waals surface area (Å²) in [6.45, 7) is 0. The first-order valence-electron chi connectivity index (χ1n) is 6.38. The van der Waals surface area contributed by atoms with Crippen LogP contribution in [0.2, 0.25) is 0 Å². The third-order valence-electron chi connectivity index (χ3n) is 2.84. The maximum atomic E-state index is 12.4. The SMILES string of the molecule is O=S(=O)(O)CCc1coc(/C=C/c2ccc(C(F)(F)F)cc2)n1. The van der Waals surface area contributed by atoms with Gasteiger partial charge in [-0.1, -0.05) is 12.1 Å². The van der Waals surface area contributed by atoms with Crippen molar-refractivity contribution in [1.82, 2.24) is 4.98 Å². The molecule has 1 N–H and O–H groups in total. The van der Waals surface area contributed by atoms with Crippen molar-refractivity contribution in [3.63, 3.8) is 0 Å². The first-order chi connectivity index (χ1) is 10.6. The summed E-state index contributed by atoms with van der Waals surface area (Å²) in [5.74, 6) is -0.294. The van der Waals surface area contributed by atoms with E-state index in [0.29, 0.717) is 11.3 Å². The van der Waals surface area contributed by atoms with Gasteiger partial charge in [0.1, 0.15) is 6.26 Å². The molecular formula is C14H12F3NO4S. The van der Waals surface area contributed by atoms with E-state index in [4.69, 9.17) is 8.97 Å². The summed E-state index contributed by atoms with van der Waals surface area (Å²) in [5.41, 5.74) is 0.128. The van der Waals surface area contributed by atoms with E-state index in [0.717, 1.165) is 12.1 Å². The van der Waals surface area contributed by atoms with E-state index in [1.165, 1.54) is 30.5 Å². The van der Waals surface area contributed by atoms with Crippen LogP contribution < -0.4 is 0 Å². The number of aryl methyl sites for hydroxylation is 1. The Kier molecular flexibility index (Phi) is 4.90. The lowest BCUT2D eigenvalue weighted by atomic mass is 10.1. The molecule has 124 valence electrons. The quantitative estimate of drug-likeness (QED) is 0.840. The Hall–Kier alpha value is -2.13. The summed E-state index contributed by atoms with van der Waals surface area (Å²) in [6.07, 6.45) is -0.182. The highest BCUT2D eigenvalue weighted by Crippen LogP contribution is 2.29. The zero-order valence-electron chi connectivity index (χ0n) is 11.6. The average Bonchev–Trinajstić information content (AvgIpc) is 2.90. The minimum atomic E-state index is -4.38. The molecule has 0 unspecified atom stereocenters. The van der Waals surface area contributed by atoms with E-state index >= 15 is 0 Å². The van der Waals surface area contributed by atoms with Gasteiger partial charge in [-0.15, -0.1) is 0 Å². The maximum absolute atomic E-state index is 12.4. The fraction of sp³-hybridized carbons (Fsp3) is 0.214. The van der Waals surface area contributed by atoms with Crippen molar-refractivity contribution in [3.05, 3.63) is 53.2 Å². The Morgan fingerprint density at radius 3 is 2.39 bits per heavy atom. The molecule has 1 heterocycles. The van der Waals surface area contributed by atoms with Gasteiger partial charge in [-0.3, -0.25) is 4.55 Å². The van der Waals surface area contributed by atoms with Crippen LogP contribution in [0.4, 0.5) is 13.2 Å². The fourth-order valence-electron chi connectivity index (χ4n) is 1.70. The van der Waals surface area contributed by atoms with Crippen LogP contribution in [0.5, 0.6) is 0 Å². The van der Waals surface area contributed by atoms with Crippen LogP contribution in [-0.4, -0.2) is 23.7 Å².